The van der Waals surface area contributed by atoms with E-state index in [0.29, 0.717) is 5.56 Å². The third-order valence-electron chi connectivity index (χ3n) is 4.48. The zero-order chi connectivity index (χ0) is 19.4. The molecule has 5 heteroatoms. The smallest absolute Gasteiger partial charge is 0.285 e. The van der Waals surface area contributed by atoms with Crippen molar-refractivity contribution in [2.45, 2.75) is 19.9 Å². The Morgan fingerprint density at radius 1 is 0.889 bits per heavy atom. The van der Waals surface area contributed by atoms with Gasteiger partial charge in [0.25, 0.3) is 11.6 Å². The van der Waals surface area contributed by atoms with E-state index in [1.54, 1.807) is 19.1 Å². The number of benzene rings is 3. The largest absolute Gasteiger partial charge is 0.341 e. The van der Waals surface area contributed by atoms with Crippen LogP contribution in [-0.4, -0.2) is 10.8 Å². The number of carbonyl (C=O) groups is 1. The monoisotopic (exact) mass is 360 g/mol. The van der Waals surface area contributed by atoms with Gasteiger partial charge >= 0.3 is 0 Å². The molecule has 0 aliphatic heterocycles. The predicted molar refractivity (Wildman–Crippen MR) is 105 cm³/mol. The lowest BCUT2D eigenvalue weighted by Gasteiger charge is -2.20. The number of amides is 1. The summed E-state index contributed by atoms with van der Waals surface area (Å²) in [6, 6.07) is 21.8. The van der Waals surface area contributed by atoms with Crippen LogP contribution in [0.2, 0.25) is 0 Å². The molecule has 1 unspecified atom stereocenters. The molecule has 136 valence electrons. The second-order valence-electron chi connectivity index (χ2n) is 6.46. The number of carbonyl (C=O) groups excluding carboxylic acids is 1. The summed E-state index contributed by atoms with van der Waals surface area (Å²) in [7, 11) is 0. The van der Waals surface area contributed by atoms with Crippen molar-refractivity contribution in [3.05, 3.63) is 111 Å². The van der Waals surface area contributed by atoms with Gasteiger partial charge in [-0.05, 0) is 31.0 Å². The number of nitrogens with one attached hydrogen (secondary N) is 1. The van der Waals surface area contributed by atoms with Gasteiger partial charge in [-0.2, -0.15) is 0 Å². The minimum atomic E-state index is -0.506. The van der Waals surface area contributed by atoms with Crippen molar-refractivity contribution in [2.75, 3.05) is 0 Å². The summed E-state index contributed by atoms with van der Waals surface area (Å²) in [6.07, 6.45) is 0. The maximum atomic E-state index is 12.9. The minimum Gasteiger partial charge on any atom is -0.341 e. The average molecular weight is 360 g/mol. The van der Waals surface area contributed by atoms with Crippen molar-refractivity contribution in [1.82, 2.24) is 5.32 Å². The lowest BCUT2D eigenvalue weighted by atomic mass is 9.97. The van der Waals surface area contributed by atoms with Crippen molar-refractivity contribution >= 4 is 11.6 Å². The second kappa shape index (κ2) is 7.83. The summed E-state index contributed by atoms with van der Waals surface area (Å²) in [5.74, 6) is -0.472. The van der Waals surface area contributed by atoms with E-state index in [1.807, 2.05) is 61.5 Å². The Balaban J connectivity index is 2.00. The van der Waals surface area contributed by atoms with E-state index in [2.05, 4.69) is 5.32 Å². The fourth-order valence-corrected chi connectivity index (χ4v) is 3.06. The Morgan fingerprint density at radius 3 is 2.15 bits per heavy atom. The van der Waals surface area contributed by atoms with Gasteiger partial charge in [0.05, 0.1) is 11.0 Å². The normalized spacial score (nSPS) is 11.6. The molecule has 0 saturated heterocycles. The number of aryl methyl sites for hydroxylation is 2. The van der Waals surface area contributed by atoms with Gasteiger partial charge in [-0.3, -0.25) is 14.9 Å². The van der Waals surface area contributed by atoms with Gasteiger partial charge < -0.3 is 5.32 Å². The number of nitro groups is 1. The van der Waals surface area contributed by atoms with E-state index in [4.69, 9.17) is 0 Å². The highest BCUT2D eigenvalue weighted by atomic mass is 16.6. The Labute approximate surface area is 157 Å². The Bertz CT molecular complexity index is 967. The van der Waals surface area contributed by atoms with Gasteiger partial charge in [0.1, 0.15) is 5.56 Å². The van der Waals surface area contributed by atoms with E-state index < -0.39 is 16.9 Å². The third-order valence-corrected chi connectivity index (χ3v) is 4.48. The maximum Gasteiger partial charge on any atom is 0.285 e. The molecule has 3 aromatic rings. The Kier molecular flexibility index (Phi) is 5.31. The summed E-state index contributed by atoms with van der Waals surface area (Å²) < 4.78 is 0. The average Bonchev–Trinajstić information content (AvgIpc) is 2.67. The summed E-state index contributed by atoms with van der Waals surface area (Å²) in [6.45, 7) is 3.62. The van der Waals surface area contributed by atoms with Crippen LogP contribution in [0.5, 0.6) is 0 Å². The molecule has 0 aromatic heterocycles. The molecule has 0 bridgehead atoms. The topological polar surface area (TPSA) is 72.2 Å². The van der Waals surface area contributed by atoms with Crippen LogP contribution in [0.3, 0.4) is 0 Å². The van der Waals surface area contributed by atoms with Crippen molar-refractivity contribution in [2.24, 2.45) is 0 Å². The first-order valence-electron chi connectivity index (χ1n) is 8.63. The van der Waals surface area contributed by atoms with Crippen LogP contribution < -0.4 is 5.32 Å². The third kappa shape index (κ3) is 4.03. The van der Waals surface area contributed by atoms with Crippen molar-refractivity contribution in [3.8, 4) is 0 Å². The molecule has 5 nitrogen and oxygen atoms in total. The molecule has 0 aliphatic carbocycles. The van der Waals surface area contributed by atoms with Crippen LogP contribution in [0.25, 0.3) is 0 Å². The molecule has 3 aromatic carbocycles. The van der Waals surface area contributed by atoms with Crippen LogP contribution in [-0.2, 0) is 0 Å². The van der Waals surface area contributed by atoms with Crippen LogP contribution in [0.15, 0.2) is 72.8 Å². The number of rotatable bonds is 5. The Morgan fingerprint density at radius 2 is 1.52 bits per heavy atom. The molecule has 3 rings (SSSR count). The van der Waals surface area contributed by atoms with Gasteiger partial charge in [0.15, 0.2) is 0 Å². The number of hydrogen-bond acceptors (Lipinski definition) is 3. The molecule has 0 fully saturated rings. The molecular formula is C22H20N2O3. The van der Waals surface area contributed by atoms with Crippen LogP contribution in [0.1, 0.15) is 38.7 Å². The first-order valence-corrected chi connectivity index (χ1v) is 8.63. The molecule has 0 aliphatic rings. The van der Waals surface area contributed by atoms with Gasteiger partial charge in [-0.1, -0.05) is 72.3 Å². The first kappa shape index (κ1) is 18.3. The SMILES string of the molecule is Cc1ccc(C(NC(=O)c2cccc(C)c2[N+](=O)[O-])c2ccccc2)cc1. The lowest BCUT2D eigenvalue weighted by molar-refractivity contribution is -0.385. The van der Waals surface area contributed by atoms with Gasteiger partial charge in [0.2, 0.25) is 0 Å². The van der Waals surface area contributed by atoms with E-state index in [1.165, 1.54) is 6.07 Å². The van der Waals surface area contributed by atoms with E-state index in [-0.39, 0.29) is 11.3 Å². The molecule has 1 N–H and O–H groups in total. The molecule has 1 atom stereocenters. The second-order valence-corrected chi connectivity index (χ2v) is 6.46. The van der Waals surface area contributed by atoms with Gasteiger partial charge in [0, 0.05) is 5.56 Å². The van der Waals surface area contributed by atoms with E-state index in [9.17, 15) is 14.9 Å². The highest BCUT2D eigenvalue weighted by Gasteiger charge is 2.25. The van der Waals surface area contributed by atoms with E-state index in [0.717, 1.165) is 16.7 Å². The summed E-state index contributed by atoms with van der Waals surface area (Å²) >= 11 is 0. The molecule has 1 amide bonds. The highest BCUT2D eigenvalue weighted by Crippen LogP contribution is 2.26. The minimum absolute atomic E-state index is 0.0630. The zero-order valence-corrected chi connectivity index (χ0v) is 15.2. The molecule has 0 heterocycles. The molecule has 27 heavy (non-hydrogen) atoms. The van der Waals surface area contributed by atoms with Gasteiger partial charge in [-0.25, -0.2) is 0 Å². The summed E-state index contributed by atoms with van der Waals surface area (Å²) in [4.78, 5) is 23.9. The van der Waals surface area contributed by atoms with Crippen molar-refractivity contribution in [1.29, 1.82) is 0 Å². The van der Waals surface area contributed by atoms with E-state index >= 15 is 0 Å². The first-order chi connectivity index (χ1) is 13.0. The number of nitrogens with zero attached hydrogens (tertiary/aromatic N) is 1. The number of para-hydroxylation sites is 1. The molecule has 0 spiro atoms. The fourth-order valence-electron chi connectivity index (χ4n) is 3.06. The molecule has 0 saturated carbocycles. The summed E-state index contributed by atoms with van der Waals surface area (Å²) in [5.41, 5.74) is 3.30. The maximum absolute atomic E-state index is 12.9. The quantitative estimate of drug-likeness (QED) is 0.528. The highest BCUT2D eigenvalue weighted by molar-refractivity contribution is 5.99. The molecule has 0 radical (unpaired) electrons. The Hall–Kier alpha value is -3.47. The van der Waals surface area contributed by atoms with Crippen LogP contribution >= 0.6 is 0 Å². The standard InChI is InChI=1S/C22H20N2O3/c1-15-11-13-18(14-12-15)20(17-8-4-3-5-9-17)23-22(25)19-10-6-7-16(2)21(19)24(26)27/h3-14,20H,1-2H3,(H,23,25). The van der Waals surface area contributed by atoms with Crippen LogP contribution in [0, 0.1) is 24.0 Å². The number of nitro benzene ring substituents is 1. The van der Waals surface area contributed by atoms with Crippen molar-refractivity contribution in [3.63, 3.8) is 0 Å². The number of hydrogen-bond donors (Lipinski definition) is 1. The van der Waals surface area contributed by atoms with Crippen LogP contribution in [0.4, 0.5) is 5.69 Å². The fraction of sp³-hybridized carbons (Fsp3) is 0.136. The predicted octanol–water partition coefficient (Wildman–Crippen LogP) is 4.73. The zero-order valence-electron chi connectivity index (χ0n) is 15.2. The summed E-state index contributed by atoms with van der Waals surface area (Å²) in [5, 5.41) is 14.4. The van der Waals surface area contributed by atoms with Crippen molar-refractivity contribution < 1.29 is 9.72 Å². The lowest BCUT2D eigenvalue weighted by Crippen LogP contribution is -2.30. The molecular weight excluding hydrogens is 340 g/mol. The van der Waals surface area contributed by atoms with Gasteiger partial charge in [-0.15, -0.1) is 0 Å².